The van der Waals surface area contributed by atoms with Crippen LogP contribution in [-0.2, 0) is 4.79 Å². The number of aromatic nitrogens is 1. The number of carbonyl (C=O) groups is 2. The molecule has 9 nitrogen and oxygen atoms in total. The molecule has 1 aromatic carbocycles. The third-order valence-corrected chi connectivity index (χ3v) is 6.08. The molecule has 1 aliphatic carbocycles. The van der Waals surface area contributed by atoms with E-state index in [9.17, 15) is 9.59 Å². The molecule has 33 heavy (non-hydrogen) atoms. The topological polar surface area (TPSA) is 90.4 Å². The van der Waals surface area contributed by atoms with Crippen LogP contribution in [0.4, 0.5) is 5.69 Å². The molecule has 0 radical (unpaired) electrons. The summed E-state index contributed by atoms with van der Waals surface area (Å²) in [6, 6.07) is 6.96. The Hall–Kier alpha value is -3.49. The Morgan fingerprint density at radius 1 is 1.15 bits per heavy atom. The molecule has 2 fully saturated rings. The van der Waals surface area contributed by atoms with E-state index < -0.39 is 0 Å². The Morgan fingerprint density at radius 3 is 2.79 bits per heavy atom. The Kier molecular flexibility index (Phi) is 5.93. The van der Waals surface area contributed by atoms with Crippen LogP contribution in [0.3, 0.4) is 0 Å². The summed E-state index contributed by atoms with van der Waals surface area (Å²) in [7, 11) is 1.55. The van der Waals surface area contributed by atoms with Gasteiger partial charge in [0.1, 0.15) is 17.9 Å². The zero-order valence-corrected chi connectivity index (χ0v) is 18.6. The van der Waals surface area contributed by atoms with E-state index >= 15 is 0 Å². The number of amides is 2. The van der Waals surface area contributed by atoms with Crippen molar-refractivity contribution in [3.05, 3.63) is 36.0 Å². The highest BCUT2D eigenvalue weighted by atomic mass is 16.5. The van der Waals surface area contributed by atoms with Crippen LogP contribution in [0.5, 0.6) is 23.1 Å². The van der Waals surface area contributed by atoms with Crippen molar-refractivity contribution in [1.29, 1.82) is 0 Å². The molecule has 0 bridgehead atoms. The average molecular weight is 453 g/mol. The highest BCUT2D eigenvalue weighted by molar-refractivity contribution is 6.08. The van der Waals surface area contributed by atoms with Gasteiger partial charge in [-0.3, -0.25) is 14.5 Å². The van der Waals surface area contributed by atoms with Crippen LogP contribution in [-0.4, -0.2) is 61.8 Å². The standard InChI is InChI=1S/C24H27N3O6/c1-30-21-11-17(6-7-19(21)31-10-9-26-8-2-3-23(26)28)27-15-33-20-12-22(32-14-16-4-5-16)25-13-18(20)24(27)29/h6-7,11-13,16H,2-5,8-10,14-15H2,1H3. The Bertz CT molecular complexity index is 1050. The average Bonchev–Trinajstić information content (AvgIpc) is 3.58. The van der Waals surface area contributed by atoms with E-state index in [2.05, 4.69) is 4.98 Å². The van der Waals surface area contributed by atoms with Gasteiger partial charge in [-0.05, 0) is 37.3 Å². The van der Waals surface area contributed by atoms with Gasteiger partial charge in [0.15, 0.2) is 18.2 Å². The number of methoxy groups -OCH3 is 1. The first kappa shape index (κ1) is 21.4. The van der Waals surface area contributed by atoms with Crippen molar-refractivity contribution < 1.29 is 28.5 Å². The zero-order chi connectivity index (χ0) is 22.8. The quantitative estimate of drug-likeness (QED) is 0.577. The molecule has 2 aromatic rings. The molecule has 3 heterocycles. The van der Waals surface area contributed by atoms with Gasteiger partial charge in [-0.25, -0.2) is 4.98 Å². The van der Waals surface area contributed by atoms with Gasteiger partial charge in [0.05, 0.1) is 25.9 Å². The van der Waals surface area contributed by atoms with E-state index in [0.29, 0.717) is 66.5 Å². The van der Waals surface area contributed by atoms with Gasteiger partial charge in [0.25, 0.3) is 5.91 Å². The minimum absolute atomic E-state index is 0.0678. The molecule has 0 unspecified atom stereocenters. The summed E-state index contributed by atoms with van der Waals surface area (Å²) in [6.45, 7) is 2.41. The number of rotatable bonds is 9. The van der Waals surface area contributed by atoms with Crippen LogP contribution < -0.4 is 23.8 Å². The predicted octanol–water partition coefficient (Wildman–Crippen LogP) is 2.88. The lowest BCUT2D eigenvalue weighted by Crippen LogP contribution is -2.38. The van der Waals surface area contributed by atoms with Crippen molar-refractivity contribution >= 4 is 17.5 Å². The molecule has 2 amide bonds. The summed E-state index contributed by atoms with van der Waals surface area (Å²) in [5, 5.41) is 0. The lowest BCUT2D eigenvalue weighted by Gasteiger charge is -2.29. The third kappa shape index (κ3) is 4.67. The lowest BCUT2D eigenvalue weighted by atomic mass is 10.1. The second-order valence-corrected chi connectivity index (χ2v) is 8.45. The number of carbonyl (C=O) groups excluding carboxylic acids is 2. The number of hydrogen-bond acceptors (Lipinski definition) is 7. The summed E-state index contributed by atoms with van der Waals surface area (Å²) in [4.78, 5) is 32.4. The second-order valence-electron chi connectivity index (χ2n) is 8.45. The highest BCUT2D eigenvalue weighted by Gasteiger charge is 2.29. The van der Waals surface area contributed by atoms with Gasteiger partial charge < -0.3 is 23.8 Å². The van der Waals surface area contributed by atoms with Gasteiger partial charge in [0, 0.05) is 31.3 Å². The van der Waals surface area contributed by atoms with Crippen LogP contribution in [0.15, 0.2) is 30.5 Å². The number of benzene rings is 1. The molecular formula is C24H27N3O6. The maximum Gasteiger partial charge on any atom is 0.266 e. The summed E-state index contributed by atoms with van der Waals surface area (Å²) in [5.74, 6) is 2.58. The Balaban J connectivity index is 1.25. The summed E-state index contributed by atoms with van der Waals surface area (Å²) < 4.78 is 22.8. The molecule has 0 atom stereocenters. The molecule has 9 heteroatoms. The molecule has 1 saturated heterocycles. The normalized spacial score (nSPS) is 17.6. The molecule has 5 rings (SSSR count). The minimum atomic E-state index is -0.208. The maximum atomic E-state index is 13.1. The molecule has 2 aliphatic heterocycles. The van der Waals surface area contributed by atoms with Crippen LogP contribution in [0.2, 0.25) is 0 Å². The van der Waals surface area contributed by atoms with Crippen molar-refractivity contribution in [3.8, 4) is 23.1 Å². The monoisotopic (exact) mass is 453 g/mol. The van der Waals surface area contributed by atoms with Gasteiger partial charge in [-0.1, -0.05) is 0 Å². The first-order valence-electron chi connectivity index (χ1n) is 11.3. The van der Waals surface area contributed by atoms with Crippen molar-refractivity contribution in [2.24, 2.45) is 5.92 Å². The molecule has 1 aromatic heterocycles. The number of hydrogen-bond donors (Lipinski definition) is 0. The Labute approximate surface area is 192 Å². The van der Waals surface area contributed by atoms with E-state index in [0.717, 1.165) is 13.0 Å². The van der Waals surface area contributed by atoms with E-state index in [4.69, 9.17) is 18.9 Å². The highest BCUT2D eigenvalue weighted by Crippen LogP contribution is 2.36. The van der Waals surface area contributed by atoms with E-state index in [1.54, 1.807) is 36.3 Å². The van der Waals surface area contributed by atoms with Crippen LogP contribution in [0, 0.1) is 5.92 Å². The van der Waals surface area contributed by atoms with Gasteiger partial charge >= 0.3 is 0 Å². The minimum Gasteiger partial charge on any atom is -0.493 e. The fourth-order valence-electron chi connectivity index (χ4n) is 3.95. The number of pyridine rings is 1. The van der Waals surface area contributed by atoms with E-state index in [-0.39, 0.29) is 18.5 Å². The number of ether oxygens (including phenoxy) is 4. The third-order valence-electron chi connectivity index (χ3n) is 6.08. The van der Waals surface area contributed by atoms with Crippen molar-refractivity contribution in [2.45, 2.75) is 25.7 Å². The van der Waals surface area contributed by atoms with Gasteiger partial charge in [0.2, 0.25) is 11.8 Å². The second kappa shape index (κ2) is 9.17. The van der Waals surface area contributed by atoms with Gasteiger partial charge in [-0.15, -0.1) is 0 Å². The van der Waals surface area contributed by atoms with Gasteiger partial charge in [-0.2, -0.15) is 0 Å². The molecule has 0 spiro atoms. The number of anilines is 1. The van der Waals surface area contributed by atoms with Crippen molar-refractivity contribution in [3.63, 3.8) is 0 Å². The van der Waals surface area contributed by atoms with Crippen molar-refractivity contribution in [2.75, 3.05) is 45.0 Å². The van der Waals surface area contributed by atoms with Crippen LogP contribution >= 0.6 is 0 Å². The molecule has 0 N–H and O–H groups in total. The molecule has 1 saturated carbocycles. The SMILES string of the molecule is COc1cc(N2COc3cc(OCC4CC4)ncc3C2=O)ccc1OCCN1CCCC1=O. The largest absolute Gasteiger partial charge is 0.493 e. The summed E-state index contributed by atoms with van der Waals surface area (Å²) >= 11 is 0. The zero-order valence-electron chi connectivity index (χ0n) is 18.6. The Morgan fingerprint density at radius 2 is 2.03 bits per heavy atom. The van der Waals surface area contributed by atoms with Crippen LogP contribution in [0.25, 0.3) is 0 Å². The molecule has 3 aliphatic rings. The fraction of sp³-hybridized carbons (Fsp3) is 0.458. The molecular weight excluding hydrogens is 426 g/mol. The number of likely N-dealkylation sites (tertiary alicyclic amines) is 1. The first-order valence-corrected chi connectivity index (χ1v) is 11.3. The number of nitrogens with zero attached hydrogens (tertiary/aromatic N) is 3. The maximum absolute atomic E-state index is 13.1. The number of fused-ring (bicyclic) bond motifs is 1. The molecule has 174 valence electrons. The fourth-order valence-corrected chi connectivity index (χ4v) is 3.95. The van der Waals surface area contributed by atoms with Crippen LogP contribution in [0.1, 0.15) is 36.0 Å². The lowest BCUT2D eigenvalue weighted by molar-refractivity contribution is -0.128. The summed E-state index contributed by atoms with van der Waals surface area (Å²) in [6.07, 6.45) is 5.40. The predicted molar refractivity (Wildman–Crippen MR) is 119 cm³/mol. The van der Waals surface area contributed by atoms with E-state index in [1.807, 2.05) is 0 Å². The van der Waals surface area contributed by atoms with Crippen molar-refractivity contribution in [1.82, 2.24) is 9.88 Å². The first-order chi connectivity index (χ1) is 16.1. The summed E-state index contributed by atoms with van der Waals surface area (Å²) in [5.41, 5.74) is 1.01. The smallest absolute Gasteiger partial charge is 0.266 e. The van der Waals surface area contributed by atoms with E-state index in [1.165, 1.54) is 23.9 Å².